The van der Waals surface area contributed by atoms with Crippen molar-refractivity contribution in [2.45, 2.75) is 20.8 Å². The zero-order valence-electron chi connectivity index (χ0n) is 12.9. The molecule has 0 fully saturated rings. The normalized spacial score (nSPS) is 10.4. The molecule has 2 rings (SSSR count). The second kappa shape index (κ2) is 7.35. The van der Waals surface area contributed by atoms with Crippen LogP contribution in [0, 0.1) is 6.92 Å². The first-order chi connectivity index (χ1) is 10.5. The number of aryl methyl sites for hydroxylation is 1. The summed E-state index contributed by atoms with van der Waals surface area (Å²) in [6, 6.07) is 9.42. The van der Waals surface area contributed by atoms with Crippen LogP contribution in [0.3, 0.4) is 0 Å². The second-order valence-electron chi connectivity index (χ2n) is 4.87. The molecule has 116 valence electrons. The number of nitrogens with zero attached hydrogens (tertiary/aromatic N) is 3. The Kier molecular flexibility index (Phi) is 5.49. The van der Waals surface area contributed by atoms with Gasteiger partial charge in [0.1, 0.15) is 0 Å². The van der Waals surface area contributed by atoms with Crippen LogP contribution in [0.25, 0.3) is 0 Å². The van der Waals surface area contributed by atoms with Crippen molar-refractivity contribution in [1.82, 2.24) is 15.1 Å². The summed E-state index contributed by atoms with van der Waals surface area (Å²) in [5.41, 5.74) is 2.42. The summed E-state index contributed by atoms with van der Waals surface area (Å²) < 4.78 is 1.03. The van der Waals surface area contributed by atoms with Crippen molar-refractivity contribution in [2.24, 2.45) is 0 Å². The van der Waals surface area contributed by atoms with E-state index in [1.165, 1.54) is 0 Å². The Balaban J connectivity index is 2.13. The van der Waals surface area contributed by atoms with Crippen LogP contribution in [0.1, 0.15) is 29.9 Å². The number of nitrogens with one attached hydrogen (secondary N) is 1. The van der Waals surface area contributed by atoms with Gasteiger partial charge in [-0.05, 0) is 56.7 Å². The molecule has 1 heterocycles. The first kappa shape index (κ1) is 16.4. The third kappa shape index (κ3) is 3.82. The fourth-order valence-electron chi connectivity index (χ4n) is 2.09. The first-order valence-electron chi connectivity index (χ1n) is 7.21. The Bertz CT molecular complexity index is 654. The van der Waals surface area contributed by atoms with Gasteiger partial charge in [-0.25, -0.2) is 0 Å². The number of aromatic nitrogens is 2. The van der Waals surface area contributed by atoms with Crippen molar-refractivity contribution >= 4 is 33.3 Å². The number of carbonyl (C=O) groups is 1. The summed E-state index contributed by atoms with van der Waals surface area (Å²) >= 11 is 3.44. The maximum atomic E-state index is 12.2. The SMILES string of the molecule is CCN(CC)C(=O)c1ccc(Nc2ccc(Br)cc2C)nn1. The molecule has 0 unspecified atom stereocenters. The molecule has 0 aliphatic carbocycles. The lowest BCUT2D eigenvalue weighted by molar-refractivity contribution is 0.0766. The zero-order chi connectivity index (χ0) is 16.1. The molecule has 6 heteroatoms. The average Bonchev–Trinajstić information content (AvgIpc) is 2.52. The maximum Gasteiger partial charge on any atom is 0.274 e. The van der Waals surface area contributed by atoms with Crippen molar-refractivity contribution < 1.29 is 4.79 Å². The van der Waals surface area contributed by atoms with Crippen molar-refractivity contribution in [3.8, 4) is 0 Å². The summed E-state index contributed by atoms with van der Waals surface area (Å²) in [5.74, 6) is 0.519. The average molecular weight is 363 g/mol. The van der Waals surface area contributed by atoms with E-state index in [1.54, 1.807) is 17.0 Å². The molecule has 2 aromatic rings. The van der Waals surface area contributed by atoms with Crippen LogP contribution in [0.2, 0.25) is 0 Å². The molecule has 0 bridgehead atoms. The maximum absolute atomic E-state index is 12.2. The molecule has 0 aliphatic rings. The van der Waals surface area contributed by atoms with Gasteiger partial charge < -0.3 is 10.2 Å². The van der Waals surface area contributed by atoms with Gasteiger partial charge in [0, 0.05) is 23.2 Å². The predicted molar refractivity (Wildman–Crippen MR) is 91.4 cm³/mol. The van der Waals surface area contributed by atoms with E-state index >= 15 is 0 Å². The van der Waals surface area contributed by atoms with Crippen molar-refractivity contribution in [3.63, 3.8) is 0 Å². The van der Waals surface area contributed by atoms with E-state index in [0.29, 0.717) is 24.6 Å². The number of rotatable bonds is 5. The molecule has 22 heavy (non-hydrogen) atoms. The Morgan fingerprint density at radius 2 is 1.91 bits per heavy atom. The van der Waals surface area contributed by atoms with Crippen molar-refractivity contribution in [3.05, 3.63) is 46.1 Å². The lowest BCUT2D eigenvalue weighted by Gasteiger charge is -2.17. The number of amides is 1. The van der Waals surface area contributed by atoms with Gasteiger partial charge in [-0.2, -0.15) is 0 Å². The summed E-state index contributed by atoms with van der Waals surface area (Å²) in [6.45, 7) is 7.23. The lowest BCUT2D eigenvalue weighted by Crippen LogP contribution is -2.31. The summed E-state index contributed by atoms with van der Waals surface area (Å²) in [6.07, 6.45) is 0. The molecule has 0 saturated heterocycles. The van der Waals surface area contributed by atoms with E-state index in [4.69, 9.17) is 0 Å². The second-order valence-corrected chi connectivity index (χ2v) is 5.78. The molecule has 0 saturated carbocycles. The zero-order valence-corrected chi connectivity index (χ0v) is 14.5. The lowest BCUT2D eigenvalue weighted by atomic mass is 10.2. The Morgan fingerprint density at radius 1 is 1.18 bits per heavy atom. The minimum Gasteiger partial charge on any atom is -0.339 e. The van der Waals surface area contributed by atoms with Crippen molar-refractivity contribution in [2.75, 3.05) is 18.4 Å². The van der Waals surface area contributed by atoms with E-state index in [-0.39, 0.29) is 5.91 Å². The van der Waals surface area contributed by atoms with E-state index in [9.17, 15) is 4.79 Å². The Labute approximate surface area is 138 Å². The van der Waals surface area contributed by atoms with Crippen LogP contribution in [0.5, 0.6) is 0 Å². The van der Waals surface area contributed by atoms with Crippen molar-refractivity contribution in [1.29, 1.82) is 0 Å². The summed E-state index contributed by atoms with van der Waals surface area (Å²) in [5, 5.41) is 11.3. The highest BCUT2D eigenvalue weighted by Gasteiger charge is 2.14. The third-order valence-corrected chi connectivity index (χ3v) is 3.88. The molecule has 0 aliphatic heterocycles. The van der Waals surface area contributed by atoms with Gasteiger partial charge in [0.2, 0.25) is 0 Å². The standard InChI is InChI=1S/C16H19BrN4O/c1-4-21(5-2)16(22)14-8-9-15(20-19-14)18-13-7-6-12(17)10-11(13)3/h6-10H,4-5H2,1-3H3,(H,18,20). The number of halogens is 1. The highest BCUT2D eigenvalue weighted by Crippen LogP contribution is 2.22. The summed E-state index contributed by atoms with van der Waals surface area (Å²) in [4.78, 5) is 13.9. The van der Waals surface area contributed by atoms with E-state index in [2.05, 4.69) is 31.4 Å². The van der Waals surface area contributed by atoms with E-state index in [0.717, 1.165) is 15.7 Å². The molecule has 5 nitrogen and oxygen atoms in total. The van der Waals surface area contributed by atoms with E-state index < -0.39 is 0 Å². The highest BCUT2D eigenvalue weighted by molar-refractivity contribution is 9.10. The molecular formula is C16H19BrN4O. The molecule has 0 atom stereocenters. The largest absolute Gasteiger partial charge is 0.339 e. The Morgan fingerprint density at radius 3 is 2.45 bits per heavy atom. The van der Waals surface area contributed by atoms with Gasteiger partial charge >= 0.3 is 0 Å². The monoisotopic (exact) mass is 362 g/mol. The highest BCUT2D eigenvalue weighted by atomic mass is 79.9. The van der Waals surface area contributed by atoms with Gasteiger partial charge in [-0.1, -0.05) is 15.9 Å². The fraction of sp³-hybridized carbons (Fsp3) is 0.312. The minimum absolute atomic E-state index is 0.0936. The molecular weight excluding hydrogens is 344 g/mol. The fourth-order valence-corrected chi connectivity index (χ4v) is 2.57. The molecule has 0 spiro atoms. The smallest absolute Gasteiger partial charge is 0.274 e. The quantitative estimate of drug-likeness (QED) is 0.879. The summed E-state index contributed by atoms with van der Waals surface area (Å²) in [7, 11) is 0. The van der Waals surface area contributed by atoms with Gasteiger partial charge in [0.15, 0.2) is 11.5 Å². The van der Waals surface area contributed by atoms with Crippen LogP contribution in [-0.2, 0) is 0 Å². The van der Waals surface area contributed by atoms with E-state index in [1.807, 2.05) is 39.0 Å². The molecule has 1 aromatic heterocycles. The molecule has 1 N–H and O–H groups in total. The Hall–Kier alpha value is -1.95. The van der Waals surface area contributed by atoms with Crippen LogP contribution >= 0.6 is 15.9 Å². The predicted octanol–water partition coefficient (Wildman–Crippen LogP) is 3.77. The van der Waals surface area contributed by atoms with Crippen LogP contribution in [0.4, 0.5) is 11.5 Å². The topological polar surface area (TPSA) is 58.1 Å². The molecule has 0 radical (unpaired) electrons. The van der Waals surface area contributed by atoms with Gasteiger partial charge in [-0.15, -0.1) is 10.2 Å². The van der Waals surface area contributed by atoms with Gasteiger partial charge in [0.05, 0.1) is 0 Å². The first-order valence-corrected chi connectivity index (χ1v) is 8.00. The molecule has 1 amide bonds. The molecule has 1 aromatic carbocycles. The number of anilines is 2. The van der Waals surface area contributed by atoms with Crippen LogP contribution in [0.15, 0.2) is 34.8 Å². The van der Waals surface area contributed by atoms with Crippen LogP contribution < -0.4 is 5.32 Å². The number of hydrogen-bond donors (Lipinski definition) is 1. The number of hydrogen-bond acceptors (Lipinski definition) is 4. The van der Waals surface area contributed by atoms with Gasteiger partial charge in [-0.3, -0.25) is 4.79 Å². The number of carbonyl (C=O) groups excluding carboxylic acids is 1. The minimum atomic E-state index is -0.0936. The van der Waals surface area contributed by atoms with Gasteiger partial charge in [0.25, 0.3) is 5.91 Å². The van der Waals surface area contributed by atoms with Crippen LogP contribution in [-0.4, -0.2) is 34.1 Å². The number of benzene rings is 1. The third-order valence-electron chi connectivity index (χ3n) is 3.39.